The number of ether oxygens (including phenoxy) is 1. The Hall–Kier alpha value is -0.570. The Labute approximate surface area is 98.1 Å². The molecule has 3 heteroatoms. The van der Waals surface area contributed by atoms with Crippen molar-refractivity contribution in [2.24, 2.45) is 5.92 Å². The fraction of sp³-hybridized carbons (Fsp3) is 0.923. The van der Waals surface area contributed by atoms with Crippen LogP contribution >= 0.6 is 0 Å². The lowest BCUT2D eigenvalue weighted by atomic mass is 10.1. The van der Waals surface area contributed by atoms with Crippen LogP contribution in [-0.2, 0) is 9.53 Å². The van der Waals surface area contributed by atoms with E-state index in [9.17, 15) is 4.79 Å². The molecule has 3 nitrogen and oxygen atoms in total. The van der Waals surface area contributed by atoms with E-state index in [1.165, 1.54) is 25.7 Å². The third-order valence-electron chi connectivity index (χ3n) is 3.53. The average molecular weight is 225 g/mol. The van der Waals surface area contributed by atoms with Crippen LogP contribution in [0.4, 0.5) is 0 Å². The number of carbonyl (C=O) groups excluding carboxylic acids is 1. The van der Waals surface area contributed by atoms with Gasteiger partial charge in [0.2, 0.25) is 0 Å². The molecule has 92 valence electrons. The fourth-order valence-electron chi connectivity index (χ4n) is 2.31. The van der Waals surface area contributed by atoms with Crippen molar-refractivity contribution in [1.29, 1.82) is 0 Å². The van der Waals surface area contributed by atoms with E-state index in [4.69, 9.17) is 4.74 Å². The minimum atomic E-state index is -0.0162. The van der Waals surface area contributed by atoms with Gasteiger partial charge < -0.3 is 4.74 Å². The van der Waals surface area contributed by atoms with Crippen molar-refractivity contribution in [3.63, 3.8) is 0 Å². The lowest BCUT2D eigenvalue weighted by Crippen LogP contribution is -2.44. The van der Waals surface area contributed by atoms with E-state index in [0.717, 1.165) is 18.9 Å². The second kappa shape index (κ2) is 5.17. The molecule has 0 saturated heterocycles. The molecule has 2 aliphatic carbocycles. The highest BCUT2D eigenvalue weighted by molar-refractivity contribution is 5.75. The molecule has 2 saturated carbocycles. The molecule has 2 aliphatic rings. The van der Waals surface area contributed by atoms with E-state index in [1.54, 1.807) is 0 Å². The minimum Gasteiger partial charge on any atom is -0.465 e. The predicted octanol–water partition coefficient (Wildman–Crippen LogP) is 2.20. The molecule has 0 bridgehead atoms. The molecule has 0 radical (unpaired) electrons. The van der Waals surface area contributed by atoms with Gasteiger partial charge in [-0.15, -0.1) is 0 Å². The highest BCUT2D eigenvalue weighted by Crippen LogP contribution is 2.36. The van der Waals surface area contributed by atoms with E-state index >= 15 is 0 Å². The lowest BCUT2D eigenvalue weighted by Gasteiger charge is -2.29. The van der Waals surface area contributed by atoms with Crippen molar-refractivity contribution in [2.45, 2.75) is 58.0 Å². The van der Waals surface area contributed by atoms with Crippen molar-refractivity contribution in [1.82, 2.24) is 4.90 Å². The molecule has 0 aromatic heterocycles. The summed E-state index contributed by atoms with van der Waals surface area (Å²) in [7, 11) is 0. The number of nitrogens with zero attached hydrogens (tertiary/aromatic N) is 1. The van der Waals surface area contributed by atoms with Crippen molar-refractivity contribution < 1.29 is 9.53 Å². The second-order valence-corrected chi connectivity index (χ2v) is 5.05. The van der Waals surface area contributed by atoms with Gasteiger partial charge in [0.05, 0.1) is 6.61 Å². The summed E-state index contributed by atoms with van der Waals surface area (Å²) in [6.07, 6.45) is 6.11. The van der Waals surface area contributed by atoms with Crippen LogP contribution in [0.1, 0.15) is 46.0 Å². The topological polar surface area (TPSA) is 29.5 Å². The van der Waals surface area contributed by atoms with E-state index < -0.39 is 0 Å². The largest absolute Gasteiger partial charge is 0.465 e. The molecule has 0 heterocycles. The third-order valence-corrected chi connectivity index (χ3v) is 3.53. The summed E-state index contributed by atoms with van der Waals surface area (Å²) in [6.45, 7) is 5.58. The van der Waals surface area contributed by atoms with E-state index in [1.807, 2.05) is 6.92 Å². The summed E-state index contributed by atoms with van der Waals surface area (Å²) in [5, 5.41) is 0. The summed E-state index contributed by atoms with van der Waals surface area (Å²) < 4.78 is 5.18. The zero-order valence-corrected chi connectivity index (χ0v) is 10.4. The average Bonchev–Trinajstić information content (AvgIpc) is 3.13. The monoisotopic (exact) mass is 225 g/mol. The van der Waals surface area contributed by atoms with Crippen LogP contribution in [0.2, 0.25) is 0 Å². The maximum Gasteiger partial charge on any atom is 0.323 e. The van der Waals surface area contributed by atoms with Gasteiger partial charge in [0.1, 0.15) is 6.04 Å². The van der Waals surface area contributed by atoms with Gasteiger partial charge in [0.25, 0.3) is 0 Å². The number of carbonyl (C=O) groups is 1. The minimum absolute atomic E-state index is 0.00745. The molecular weight excluding hydrogens is 202 g/mol. The first-order valence-corrected chi connectivity index (χ1v) is 6.68. The third kappa shape index (κ3) is 2.97. The Morgan fingerprint density at radius 1 is 1.31 bits per heavy atom. The number of hydrogen-bond donors (Lipinski definition) is 0. The van der Waals surface area contributed by atoms with Crippen molar-refractivity contribution in [2.75, 3.05) is 13.2 Å². The van der Waals surface area contributed by atoms with Crippen LogP contribution in [-0.4, -0.2) is 36.1 Å². The second-order valence-electron chi connectivity index (χ2n) is 5.05. The highest BCUT2D eigenvalue weighted by atomic mass is 16.5. The van der Waals surface area contributed by atoms with Gasteiger partial charge in [-0.05, 0) is 44.9 Å². The summed E-state index contributed by atoms with van der Waals surface area (Å²) >= 11 is 0. The predicted molar refractivity (Wildman–Crippen MR) is 63.2 cm³/mol. The molecule has 0 aromatic carbocycles. The summed E-state index contributed by atoms with van der Waals surface area (Å²) in [5.74, 6) is 0.835. The van der Waals surface area contributed by atoms with Gasteiger partial charge in [-0.25, -0.2) is 0 Å². The Kier molecular flexibility index (Phi) is 3.85. The Morgan fingerprint density at radius 2 is 2.00 bits per heavy atom. The lowest BCUT2D eigenvalue weighted by molar-refractivity contribution is -0.150. The first-order chi connectivity index (χ1) is 7.76. The van der Waals surface area contributed by atoms with Gasteiger partial charge in [-0.1, -0.05) is 6.92 Å². The molecule has 0 N–H and O–H groups in total. The van der Waals surface area contributed by atoms with Crippen LogP contribution in [0.5, 0.6) is 0 Å². The molecule has 16 heavy (non-hydrogen) atoms. The van der Waals surface area contributed by atoms with Crippen molar-refractivity contribution >= 4 is 5.97 Å². The Bertz CT molecular complexity index is 246. The van der Waals surface area contributed by atoms with Crippen LogP contribution in [0, 0.1) is 5.92 Å². The SMILES string of the molecule is CCOC(=O)C(CC)N(CC1CC1)C1CC1. The summed E-state index contributed by atoms with van der Waals surface area (Å²) in [4.78, 5) is 14.3. The quantitative estimate of drug-likeness (QED) is 0.622. The van der Waals surface area contributed by atoms with Crippen molar-refractivity contribution in [3.05, 3.63) is 0 Å². The zero-order valence-electron chi connectivity index (χ0n) is 10.4. The molecule has 1 atom stereocenters. The molecule has 0 amide bonds. The molecule has 0 spiro atoms. The van der Waals surface area contributed by atoms with Gasteiger partial charge in [0.15, 0.2) is 0 Å². The molecular formula is C13H23NO2. The molecule has 1 unspecified atom stereocenters. The Morgan fingerprint density at radius 3 is 2.44 bits per heavy atom. The first kappa shape index (κ1) is 11.9. The van der Waals surface area contributed by atoms with Gasteiger partial charge in [-0.2, -0.15) is 0 Å². The molecule has 2 fully saturated rings. The van der Waals surface area contributed by atoms with E-state index in [0.29, 0.717) is 12.6 Å². The molecule has 2 rings (SSSR count). The first-order valence-electron chi connectivity index (χ1n) is 6.68. The normalized spacial score (nSPS) is 22.2. The summed E-state index contributed by atoms with van der Waals surface area (Å²) in [6, 6.07) is 0.669. The standard InChI is InChI=1S/C13H23NO2/c1-3-12(13(15)16-4-2)14(11-7-8-11)9-10-5-6-10/h10-12H,3-9H2,1-2H3. The smallest absolute Gasteiger partial charge is 0.323 e. The van der Waals surface area contributed by atoms with Crippen LogP contribution in [0.25, 0.3) is 0 Å². The number of rotatable bonds is 7. The number of hydrogen-bond acceptors (Lipinski definition) is 3. The van der Waals surface area contributed by atoms with Gasteiger partial charge in [0, 0.05) is 12.6 Å². The zero-order chi connectivity index (χ0) is 11.5. The van der Waals surface area contributed by atoms with E-state index in [2.05, 4.69) is 11.8 Å². The van der Waals surface area contributed by atoms with Crippen LogP contribution < -0.4 is 0 Å². The number of esters is 1. The van der Waals surface area contributed by atoms with E-state index in [-0.39, 0.29) is 12.0 Å². The highest BCUT2D eigenvalue weighted by Gasteiger charge is 2.39. The van der Waals surface area contributed by atoms with Crippen LogP contribution in [0.3, 0.4) is 0 Å². The van der Waals surface area contributed by atoms with Gasteiger partial charge in [-0.3, -0.25) is 9.69 Å². The van der Waals surface area contributed by atoms with Crippen molar-refractivity contribution in [3.8, 4) is 0 Å². The maximum absolute atomic E-state index is 11.9. The maximum atomic E-state index is 11.9. The summed E-state index contributed by atoms with van der Waals surface area (Å²) in [5.41, 5.74) is 0. The Balaban J connectivity index is 1.93. The van der Waals surface area contributed by atoms with Crippen LogP contribution in [0.15, 0.2) is 0 Å². The fourth-order valence-corrected chi connectivity index (χ4v) is 2.31. The molecule has 0 aliphatic heterocycles. The molecule has 0 aromatic rings. The van der Waals surface area contributed by atoms with Gasteiger partial charge >= 0.3 is 5.97 Å².